The topological polar surface area (TPSA) is 67.7 Å². The van der Waals surface area contributed by atoms with Gasteiger partial charge in [0, 0.05) is 38.1 Å². The van der Waals surface area contributed by atoms with Crippen molar-refractivity contribution in [3.8, 4) is 5.69 Å². The van der Waals surface area contributed by atoms with Crippen LogP contribution in [0.2, 0.25) is 0 Å². The van der Waals surface area contributed by atoms with Crippen LogP contribution in [0.25, 0.3) is 11.8 Å². The van der Waals surface area contributed by atoms with Crippen LogP contribution in [0.4, 0.5) is 4.39 Å². The second-order valence-corrected chi connectivity index (χ2v) is 11.8. The van der Waals surface area contributed by atoms with Crippen molar-refractivity contribution < 1.29 is 17.5 Å². The number of hydrogen-bond donors (Lipinski definition) is 0. The molecule has 2 saturated heterocycles. The predicted molar refractivity (Wildman–Crippen MR) is 130 cm³/mol. The molecule has 0 spiro atoms. The number of fused-ring (bicyclic) bond motifs is 2. The number of ether oxygens (including phenoxy) is 1. The average Bonchev–Trinajstić information content (AvgIpc) is 3.24. The molecule has 5 rings (SSSR count). The van der Waals surface area contributed by atoms with Crippen molar-refractivity contribution in [2.45, 2.75) is 32.6 Å². The van der Waals surface area contributed by atoms with Gasteiger partial charge in [-0.3, -0.25) is 4.90 Å². The van der Waals surface area contributed by atoms with Gasteiger partial charge >= 0.3 is 0 Å². The van der Waals surface area contributed by atoms with Crippen molar-refractivity contribution >= 4 is 16.1 Å². The molecular formula is C25H33FN4O3S. The lowest BCUT2D eigenvalue weighted by molar-refractivity contribution is 0.0153. The maximum Gasteiger partial charge on any atom is 0.214 e. The minimum absolute atomic E-state index is 0.212. The Balaban J connectivity index is 1.49. The molecule has 34 heavy (non-hydrogen) atoms. The van der Waals surface area contributed by atoms with E-state index >= 15 is 0 Å². The molecule has 0 radical (unpaired) electrons. The molecule has 1 atom stereocenters. The smallest absolute Gasteiger partial charge is 0.214 e. The van der Waals surface area contributed by atoms with Crippen LogP contribution < -0.4 is 0 Å². The molecule has 0 saturated carbocycles. The number of hydrogen-bond acceptors (Lipinski definition) is 5. The number of halogens is 1. The first-order chi connectivity index (χ1) is 16.4. The van der Waals surface area contributed by atoms with E-state index < -0.39 is 10.0 Å². The SMILES string of the molecule is CCCCS(=O)(=O)N1CCC2=Cc3c(cnn3-c3ccc(F)cc3)CC2(CN2CCOCC2)C1. The second kappa shape index (κ2) is 9.53. The van der Waals surface area contributed by atoms with E-state index in [9.17, 15) is 12.8 Å². The number of benzene rings is 1. The summed E-state index contributed by atoms with van der Waals surface area (Å²) in [6.45, 7) is 6.99. The first-order valence-corrected chi connectivity index (χ1v) is 13.8. The summed E-state index contributed by atoms with van der Waals surface area (Å²) in [6, 6.07) is 6.36. The normalized spacial score (nSPS) is 23.9. The summed E-state index contributed by atoms with van der Waals surface area (Å²) in [5.74, 6) is -0.0616. The zero-order chi connectivity index (χ0) is 23.8. The van der Waals surface area contributed by atoms with E-state index in [4.69, 9.17) is 4.74 Å². The Hall–Kier alpha value is -2.07. The fourth-order valence-corrected chi connectivity index (χ4v) is 7.24. The van der Waals surface area contributed by atoms with Gasteiger partial charge in [0.2, 0.25) is 10.0 Å². The van der Waals surface area contributed by atoms with E-state index in [1.807, 2.05) is 17.8 Å². The highest BCUT2D eigenvalue weighted by atomic mass is 32.2. The number of nitrogens with zero attached hydrogens (tertiary/aromatic N) is 4. The van der Waals surface area contributed by atoms with Crippen LogP contribution in [-0.2, 0) is 21.2 Å². The Morgan fingerprint density at radius 2 is 1.91 bits per heavy atom. The maximum absolute atomic E-state index is 13.5. The van der Waals surface area contributed by atoms with Crippen molar-refractivity contribution in [2.24, 2.45) is 5.41 Å². The highest BCUT2D eigenvalue weighted by Crippen LogP contribution is 2.45. The van der Waals surface area contributed by atoms with Crippen LogP contribution in [0.1, 0.15) is 37.4 Å². The molecule has 0 N–H and O–H groups in total. The predicted octanol–water partition coefficient (Wildman–Crippen LogP) is 3.11. The highest BCUT2D eigenvalue weighted by Gasteiger charge is 2.46. The zero-order valence-corrected chi connectivity index (χ0v) is 20.6. The van der Waals surface area contributed by atoms with E-state index in [0.717, 1.165) is 49.4 Å². The van der Waals surface area contributed by atoms with Gasteiger partial charge in [-0.05, 0) is 55.2 Å². The summed E-state index contributed by atoms with van der Waals surface area (Å²) >= 11 is 0. The van der Waals surface area contributed by atoms with E-state index in [0.29, 0.717) is 39.1 Å². The summed E-state index contributed by atoms with van der Waals surface area (Å²) in [5.41, 5.74) is 3.95. The Morgan fingerprint density at radius 1 is 1.15 bits per heavy atom. The molecule has 9 heteroatoms. The molecule has 7 nitrogen and oxygen atoms in total. The minimum Gasteiger partial charge on any atom is -0.379 e. The van der Waals surface area contributed by atoms with Crippen molar-refractivity contribution in [3.63, 3.8) is 0 Å². The van der Waals surface area contributed by atoms with Crippen LogP contribution in [0.5, 0.6) is 0 Å². The van der Waals surface area contributed by atoms with Crippen molar-refractivity contribution in [1.29, 1.82) is 0 Å². The summed E-state index contributed by atoms with van der Waals surface area (Å²) in [4.78, 5) is 2.41. The standard InChI is InChI=1S/C25H33FN4O3S/c1-2-3-14-34(31,32)29-9-8-21-15-24-20(17-27-30(24)23-6-4-22(26)5-7-23)16-25(21,19-29)18-28-10-12-33-13-11-28/h4-7,15,17H,2-3,8-14,16,18-19H2,1H3. The summed E-state index contributed by atoms with van der Waals surface area (Å²) in [6.07, 6.45) is 7.11. The molecule has 1 aromatic heterocycles. The summed E-state index contributed by atoms with van der Waals surface area (Å²) in [7, 11) is -3.29. The van der Waals surface area contributed by atoms with Crippen LogP contribution in [0.3, 0.4) is 0 Å². The first kappa shape index (κ1) is 23.7. The molecule has 3 aliphatic rings. The number of morpholine rings is 1. The molecule has 2 aromatic rings. The van der Waals surface area contributed by atoms with Crippen molar-refractivity contribution in [3.05, 3.63) is 53.1 Å². The van der Waals surface area contributed by atoms with Gasteiger partial charge in [-0.15, -0.1) is 0 Å². The maximum atomic E-state index is 13.5. The highest BCUT2D eigenvalue weighted by molar-refractivity contribution is 7.89. The number of sulfonamides is 1. The van der Waals surface area contributed by atoms with Gasteiger partial charge in [0.25, 0.3) is 0 Å². The van der Waals surface area contributed by atoms with Crippen LogP contribution in [0, 0.1) is 11.2 Å². The Kier molecular flexibility index (Phi) is 6.63. The number of aromatic nitrogens is 2. The third-order valence-electron chi connectivity index (χ3n) is 7.37. The van der Waals surface area contributed by atoms with E-state index in [1.54, 1.807) is 16.4 Å². The van der Waals surface area contributed by atoms with Gasteiger partial charge < -0.3 is 4.74 Å². The molecule has 0 amide bonds. The molecular weight excluding hydrogens is 455 g/mol. The molecule has 1 aliphatic carbocycles. The summed E-state index contributed by atoms with van der Waals surface area (Å²) < 4.78 is 48.9. The third kappa shape index (κ3) is 4.58. The van der Waals surface area contributed by atoms with E-state index in [1.165, 1.54) is 17.7 Å². The monoisotopic (exact) mass is 488 g/mol. The third-order valence-corrected chi connectivity index (χ3v) is 9.27. The Bertz CT molecular complexity index is 1160. The lowest BCUT2D eigenvalue weighted by atomic mass is 9.68. The first-order valence-electron chi connectivity index (χ1n) is 12.2. The lowest BCUT2D eigenvalue weighted by Crippen LogP contribution is -2.55. The van der Waals surface area contributed by atoms with Crippen LogP contribution in [-0.4, -0.2) is 79.1 Å². The van der Waals surface area contributed by atoms with Gasteiger partial charge in [0.15, 0.2) is 0 Å². The number of unbranched alkanes of at least 4 members (excludes halogenated alkanes) is 1. The molecule has 1 unspecified atom stereocenters. The second-order valence-electron chi connectivity index (χ2n) is 9.71. The zero-order valence-electron chi connectivity index (χ0n) is 19.7. The summed E-state index contributed by atoms with van der Waals surface area (Å²) in [5, 5.41) is 4.63. The molecule has 3 heterocycles. The van der Waals surface area contributed by atoms with Gasteiger partial charge in [0.05, 0.1) is 36.5 Å². The van der Waals surface area contributed by atoms with Gasteiger partial charge in [-0.1, -0.05) is 18.9 Å². The van der Waals surface area contributed by atoms with Crippen molar-refractivity contribution in [1.82, 2.24) is 19.0 Å². The van der Waals surface area contributed by atoms with Gasteiger partial charge in [-0.25, -0.2) is 21.8 Å². The fourth-order valence-electron chi connectivity index (χ4n) is 5.51. The number of piperidine rings is 1. The molecule has 1 aromatic carbocycles. The van der Waals surface area contributed by atoms with E-state index in [-0.39, 0.29) is 17.0 Å². The molecule has 184 valence electrons. The van der Waals surface area contributed by atoms with E-state index in [2.05, 4.69) is 16.1 Å². The average molecular weight is 489 g/mol. The largest absolute Gasteiger partial charge is 0.379 e. The number of rotatable bonds is 7. The quantitative estimate of drug-likeness (QED) is 0.599. The lowest BCUT2D eigenvalue weighted by Gasteiger charge is -2.48. The van der Waals surface area contributed by atoms with Gasteiger partial charge in [-0.2, -0.15) is 5.10 Å². The van der Waals surface area contributed by atoms with Gasteiger partial charge in [0.1, 0.15) is 5.82 Å². The Morgan fingerprint density at radius 3 is 2.65 bits per heavy atom. The molecule has 0 bridgehead atoms. The molecule has 2 fully saturated rings. The van der Waals surface area contributed by atoms with Crippen molar-refractivity contribution in [2.75, 3.05) is 51.7 Å². The minimum atomic E-state index is -3.29. The fraction of sp³-hybridized carbons (Fsp3) is 0.560. The van der Waals surface area contributed by atoms with Crippen LogP contribution >= 0.6 is 0 Å². The Labute approximate surface area is 201 Å². The van der Waals surface area contributed by atoms with Crippen LogP contribution in [0.15, 0.2) is 36.0 Å². The molecule has 2 aliphatic heterocycles.